The highest BCUT2D eigenvalue weighted by Gasteiger charge is 2.31. The van der Waals surface area contributed by atoms with Crippen molar-refractivity contribution in [3.8, 4) is 17.2 Å². The standard InChI is InChI=1S/C27H24F5N3O4/c28-26(29)38-22-8-2-6-18(24(22)37-16-17-4-1-5-17)9-14-23(36)35-21-7-3-15-33-25(21)34-19-10-12-20(13-11-19)39-27(30,31)32/h2-3,6-15,17,26H,1,4-5,16H2,(H,33,34)(H,35,36). The number of benzene rings is 2. The third-order valence-electron chi connectivity index (χ3n) is 5.74. The van der Waals surface area contributed by atoms with Gasteiger partial charge in [-0.05, 0) is 67.3 Å². The number of nitrogens with zero attached hydrogens (tertiary/aromatic N) is 1. The highest BCUT2D eigenvalue weighted by Crippen LogP contribution is 2.36. The maximum Gasteiger partial charge on any atom is 0.573 e. The Labute approximate surface area is 220 Å². The van der Waals surface area contributed by atoms with Crippen molar-refractivity contribution in [2.75, 3.05) is 17.2 Å². The van der Waals surface area contributed by atoms with E-state index in [9.17, 15) is 26.7 Å². The number of hydrogen-bond donors (Lipinski definition) is 2. The van der Waals surface area contributed by atoms with Crippen LogP contribution in [0, 0.1) is 5.92 Å². The number of hydrogen-bond acceptors (Lipinski definition) is 6. The van der Waals surface area contributed by atoms with Gasteiger partial charge in [0.2, 0.25) is 5.91 Å². The van der Waals surface area contributed by atoms with Crippen LogP contribution in [0.4, 0.5) is 39.1 Å². The normalized spacial score (nSPS) is 13.7. The van der Waals surface area contributed by atoms with Gasteiger partial charge in [-0.25, -0.2) is 4.98 Å². The Balaban J connectivity index is 1.45. The third kappa shape index (κ3) is 8.32. The summed E-state index contributed by atoms with van der Waals surface area (Å²) in [5, 5.41) is 5.58. The molecule has 0 radical (unpaired) electrons. The molecule has 7 nitrogen and oxygen atoms in total. The lowest BCUT2D eigenvalue weighted by Gasteiger charge is -2.26. The number of alkyl halides is 5. The fourth-order valence-electron chi connectivity index (χ4n) is 3.69. The van der Waals surface area contributed by atoms with Crippen molar-refractivity contribution in [2.45, 2.75) is 32.2 Å². The van der Waals surface area contributed by atoms with Crippen molar-refractivity contribution < 1.29 is 41.0 Å². The Morgan fingerprint density at radius 1 is 1.08 bits per heavy atom. The van der Waals surface area contributed by atoms with Gasteiger partial charge in [0.25, 0.3) is 0 Å². The second kappa shape index (κ2) is 12.5. The summed E-state index contributed by atoms with van der Waals surface area (Å²) in [5.41, 5.74) is 1.07. The number of carbonyl (C=O) groups is 1. The summed E-state index contributed by atoms with van der Waals surface area (Å²) >= 11 is 0. The van der Waals surface area contributed by atoms with Crippen LogP contribution < -0.4 is 24.8 Å². The van der Waals surface area contributed by atoms with Gasteiger partial charge in [-0.1, -0.05) is 18.6 Å². The average molecular weight is 549 g/mol. The second-order valence-corrected chi connectivity index (χ2v) is 8.58. The summed E-state index contributed by atoms with van der Waals surface area (Å²) in [7, 11) is 0. The first-order valence-corrected chi connectivity index (χ1v) is 11.9. The molecule has 3 aromatic rings. The number of anilines is 3. The number of nitrogens with one attached hydrogen (secondary N) is 2. The van der Waals surface area contributed by atoms with Crippen molar-refractivity contribution in [3.05, 3.63) is 72.4 Å². The van der Waals surface area contributed by atoms with Crippen LogP contribution in [-0.2, 0) is 4.79 Å². The lowest BCUT2D eigenvalue weighted by Crippen LogP contribution is -2.20. The molecule has 0 saturated heterocycles. The molecule has 1 aliphatic carbocycles. The molecule has 2 N–H and O–H groups in total. The summed E-state index contributed by atoms with van der Waals surface area (Å²) < 4.78 is 77.2. The van der Waals surface area contributed by atoms with Crippen LogP contribution in [0.5, 0.6) is 17.2 Å². The van der Waals surface area contributed by atoms with Crippen molar-refractivity contribution in [1.82, 2.24) is 4.98 Å². The SMILES string of the molecule is O=C(C=Cc1cccc(OC(F)F)c1OCC1CCC1)Nc1cccnc1Nc1ccc(OC(F)(F)F)cc1. The van der Waals surface area contributed by atoms with Crippen molar-refractivity contribution in [1.29, 1.82) is 0 Å². The summed E-state index contributed by atoms with van der Waals surface area (Å²) in [6, 6.07) is 12.7. The van der Waals surface area contributed by atoms with E-state index in [4.69, 9.17) is 4.74 Å². The number of rotatable bonds is 11. The van der Waals surface area contributed by atoms with Crippen LogP contribution in [0.25, 0.3) is 6.08 Å². The first kappa shape index (κ1) is 27.7. The Kier molecular flexibility index (Phi) is 8.84. The van der Waals surface area contributed by atoms with E-state index in [2.05, 4.69) is 25.1 Å². The van der Waals surface area contributed by atoms with Gasteiger partial charge in [-0.3, -0.25) is 4.79 Å². The number of carbonyl (C=O) groups excluding carboxylic acids is 1. The van der Waals surface area contributed by atoms with Gasteiger partial charge in [-0.15, -0.1) is 13.2 Å². The molecule has 1 fully saturated rings. The highest BCUT2D eigenvalue weighted by molar-refractivity contribution is 6.03. The summed E-state index contributed by atoms with van der Waals surface area (Å²) in [4.78, 5) is 16.9. The molecule has 0 unspecified atom stereocenters. The van der Waals surface area contributed by atoms with Gasteiger partial charge in [-0.2, -0.15) is 8.78 Å². The summed E-state index contributed by atoms with van der Waals surface area (Å²) in [6.45, 7) is -2.69. The third-order valence-corrected chi connectivity index (χ3v) is 5.74. The number of aromatic nitrogens is 1. The molecule has 4 rings (SSSR count). The van der Waals surface area contributed by atoms with E-state index in [1.165, 1.54) is 42.6 Å². The minimum atomic E-state index is -4.80. The van der Waals surface area contributed by atoms with Gasteiger partial charge in [0.15, 0.2) is 17.3 Å². The van der Waals surface area contributed by atoms with E-state index in [1.54, 1.807) is 18.2 Å². The molecule has 39 heavy (non-hydrogen) atoms. The van der Waals surface area contributed by atoms with Crippen LogP contribution in [0.3, 0.4) is 0 Å². The minimum absolute atomic E-state index is 0.121. The second-order valence-electron chi connectivity index (χ2n) is 8.58. The molecule has 2 aromatic carbocycles. The molecule has 12 heteroatoms. The molecule has 1 amide bonds. The number of ether oxygens (including phenoxy) is 3. The Bertz CT molecular complexity index is 1300. The van der Waals surface area contributed by atoms with Crippen LogP contribution in [0.2, 0.25) is 0 Å². The Morgan fingerprint density at radius 2 is 1.85 bits per heavy atom. The molecular formula is C27H24F5N3O4. The highest BCUT2D eigenvalue weighted by atomic mass is 19.4. The molecule has 1 saturated carbocycles. The van der Waals surface area contributed by atoms with Crippen LogP contribution >= 0.6 is 0 Å². The van der Waals surface area contributed by atoms with Gasteiger partial charge in [0.05, 0.1) is 12.3 Å². The monoisotopic (exact) mass is 549 g/mol. The molecule has 0 bridgehead atoms. The molecular weight excluding hydrogens is 525 g/mol. The zero-order chi connectivity index (χ0) is 27.8. The molecule has 1 aromatic heterocycles. The zero-order valence-electron chi connectivity index (χ0n) is 20.4. The van der Waals surface area contributed by atoms with E-state index in [0.29, 0.717) is 29.5 Å². The van der Waals surface area contributed by atoms with E-state index >= 15 is 0 Å². The molecule has 1 heterocycles. The van der Waals surface area contributed by atoms with Crippen LogP contribution in [0.1, 0.15) is 24.8 Å². The van der Waals surface area contributed by atoms with Gasteiger partial charge in [0.1, 0.15) is 5.75 Å². The van der Waals surface area contributed by atoms with Crippen molar-refractivity contribution in [3.63, 3.8) is 0 Å². The topological polar surface area (TPSA) is 81.7 Å². The number of halogens is 5. The fourth-order valence-corrected chi connectivity index (χ4v) is 3.69. The summed E-state index contributed by atoms with van der Waals surface area (Å²) in [5.74, 6) is -0.361. The van der Waals surface area contributed by atoms with Crippen molar-refractivity contribution >= 4 is 29.2 Å². The minimum Gasteiger partial charge on any atom is -0.489 e. The largest absolute Gasteiger partial charge is 0.573 e. The van der Waals surface area contributed by atoms with Gasteiger partial charge >= 0.3 is 13.0 Å². The summed E-state index contributed by atoms with van der Waals surface area (Å²) in [6.07, 6.45) is 2.39. The molecule has 0 atom stereocenters. The average Bonchev–Trinajstić information content (AvgIpc) is 2.84. The zero-order valence-corrected chi connectivity index (χ0v) is 20.4. The van der Waals surface area contributed by atoms with E-state index in [1.807, 2.05) is 0 Å². The maximum absolute atomic E-state index is 12.9. The quantitative estimate of drug-likeness (QED) is 0.195. The smallest absolute Gasteiger partial charge is 0.489 e. The first-order chi connectivity index (χ1) is 18.7. The van der Waals surface area contributed by atoms with E-state index in [0.717, 1.165) is 31.4 Å². The van der Waals surface area contributed by atoms with Crippen LogP contribution in [0.15, 0.2) is 66.9 Å². The van der Waals surface area contributed by atoms with Crippen molar-refractivity contribution in [2.24, 2.45) is 5.92 Å². The first-order valence-electron chi connectivity index (χ1n) is 11.9. The molecule has 0 aliphatic heterocycles. The lowest BCUT2D eigenvalue weighted by atomic mass is 9.86. The number of amides is 1. The number of pyridine rings is 1. The Hall–Kier alpha value is -4.35. The van der Waals surface area contributed by atoms with E-state index in [-0.39, 0.29) is 23.1 Å². The van der Waals surface area contributed by atoms with Gasteiger partial charge in [0, 0.05) is 23.5 Å². The predicted molar refractivity (Wildman–Crippen MR) is 134 cm³/mol. The maximum atomic E-state index is 12.9. The Morgan fingerprint density at radius 3 is 2.51 bits per heavy atom. The van der Waals surface area contributed by atoms with Gasteiger partial charge < -0.3 is 24.8 Å². The predicted octanol–water partition coefficient (Wildman–Crippen LogP) is 7.16. The fraction of sp³-hybridized carbons (Fsp3) is 0.259. The number of para-hydroxylation sites is 1. The molecule has 1 aliphatic rings. The van der Waals surface area contributed by atoms with Crippen LogP contribution in [-0.4, -0.2) is 30.5 Å². The van der Waals surface area contributed by atoms with E-state index < -0.39 is 18.9 Å². The molecule has 0 spiro atoms. The lowest BCUT2D eigenvalue weighted by molar-refractivity contribution is -0.274. The molecule has 206 valence electrons.